The number of rotatable bonds is 10. The molecule has 1 aliphatic carbocycles. The van der Waals surface area contributed by atoms with Crippen LogP contribution in [-0.2, 0) is 16.2 Å². The first-order chi connectivity index (χ1) is 37.5. The van der Waals surface area contributed by atoms with Gasteiger partial charge in [0.15, 0.2) is 0 Å². The summed E-state index contributed by atoms with van der Waals surface area (Å²) in [5.74, 6) is 0.847. The Balaban J connectivity index is 1.01. The van der Waals surface area contributed by atoms with Crippen molar-refractivity contribution in [2.75, 3.05) is 0 Å². The highest BCUT2D eigenvalue weighted by Gasteiger charge is 2.35. The first-order valence-corrected chi connectivity index (χ1v) is 28.1. The molecule has 3 aromatic heterocycles. The molecular formula is C75H73N3. The highest BCUT2D eigenvalue weighted by atomic mass is 14.7. The normalized spacial score (nSPS) is 16.0. The van der Waals surface area contributed by atoms with E-state index in [0.717, 1.165) is 53.0 Å². The van der Waals surface area contributed by atoms with Gasteiger partial charge in [0.25, 0.3) is 0 Å². The van der Waals surface area contributed by atoms with Gasteiger partial charge in [-0.2, -0.15) is 0 Å². The van der Waals surface area contributed by atoms with Crippen molar-refractivity contribution in [3.63, 3.8) is 0 Å². The van der Waals surface area contributed by atoms with E-state index in [1.807, 2.05) is 18.6 Å². The maximum atomic E-state index is 4.94. The van der Waals surface area contributed by atoms with Crippen LogP contribution < -0.4 is 0 Å². The minimum absolute atomic E-state index is 0.0124. The van der Waals surface area contributed by atoms with E-state index in [-0.39, 0.29) is 34.0 Å². The predicted molar refractivity (Wildman–Crippen MR) is 329 cm³/mol. The summed E-state index contributed by atoms with van der Waals surface area (Å²) in [5.41, 5.74) is 24.6. The van der Waals surface area contributed by atoms with Crippen molar-refractivity contribution in [3.05, 3.63) is 258 Å². The molecule has 7 aromatic carbocycles. The van der Waals surface area contributed by atoms with E-state index in [2.05, 4.69) is 269 Å². The molecule has 2 atom stereocenters. The Morgan fingerprint density at radius 3 is 1.00 bits per heavy atom. The van der Waals surface area contributed by atoms with Crippen molar-refractivity contribution < 1.29 is 0 Å². The van der Waals surface area contributed by atoms with Crippen molar-refractivity contribution in [2.45, 2.75) is 116 Å². The van der Waals surface area contributed by atoms with Crippen LogP contribution in [0.1, 0.15) is 133 Å². The largest absolute Gasteiger partial charge is 0.256 e. The number of hydrogen-bond acceptors (Lipinski definition) is 3. The molecule has 2 unspecified atom stereocenters. The molecule has 0 saturated heterocycles. The van der Waals surface area contributed by atoms with Gasteiger partial charge in [0.05, 0.1) is 17.1 Å². The summed E-state index contributed by atoms with van der Waals surface area (Å²) in [7, 11) is 0. The molecule has 3 nitrogen and oxygen atoms in total. The lowest BCUT2D eigenvalue weighted by atomic mass is 9.66. The fraction of sp³-hybridized carbons (Fsp3) is 0.240. The van der Waals surface area contributed by atoms with Gasteiger partial charge in [-0.25, -0.2) is 0 Å². The van der Waals surface area contributed by atoms with Gasteiger partial charge >= 0.3 is 0 Å². The van der Waals surface area contributed by atoms with Crippen LogP contribution in [0, 0.1) is 0 Å². The van der Waals surface area contributed by atoms with Gasteiger partial charge in [-0.3, -0.25) is 15.0 Å². The highest BCUT2D eigenvalue weighted by molar-refractivity contribution is 5.88. The molecule has 11 rings (SSSR count). The van der Waals surface area contributed by atoms with Gasteiger partial charge in [-0.05, 0) is 174 Å². The molecule has 1 saturated carbocycles. The molecule has 0 aliphatic heterocycles. The molecule has 388 valence electrons. The minimum Gasteiger partial charge on any atom is -0.256 e. The van der Waals surface area contributed by atoms with Crippen LogP contribution >= 0.6 is 0 Å². The predicted octanol–water partition coefficient (Wildman–Crippen LogP) is 20.3. The van der Waals surface area contributed by atoms with E-state index in [4.69, 9.17) is 15.0 Å². The smallest absolute Gasteiger partial charge is 0.0705 e. The molecule has 0 N–H and O–H groups in total. The van der Waals surface area contributed by atoms with Crippen LogP contribution in [0.25, 0.3) is 78.3 Å². The van der Waals surface area contributed by atoms with E-state index < -0.39 is 0 Å². The average Bonchev–Trinajstić information content (AvgIpc) is 3.48. The Bertz CT molecular complexity index is 3560. The first-order valence-electron chi connectivity index (χ1n) is 28.1. The van der Waals surface area contributed by atoms with Gasteiger partial charge in [-0.15, -0.1) is 0 Å². The number of pyridine rings is 3. The highest BCUT2D eigenvalue weighted by Crippen LogP contribution is 2.53. The molecule has 0 bridgehead atoms. The van der Waals surface area contributed by atoms with Gasteiger partial charge in [0, 0.05) is 35.3 Å². The number of hydrogen-bond donors (Lipinski definition) is 0. The Kier molecular flexibility index (Phi) is 14.3. The SMILES string of the molecule is CC(C)(C)c1ccnc(-c2ccc(-c3ccccc3C3CC(c4ccccc4-c4ccc(-c5cc(C(C)(C)C)ccn5)cc4)CC(c4ccccc4-c4ccc(-c5cc(C(C)(C)C)ccn5)cc4-c4ccccc4)C3)cc2)c1. The van der Waals surface area contributed by atoms with Crippen molar-refractivity contribution in [1.29, 1.82) is 0 Å². The Hall–Kier alpha value is -8.01. The lowest BCUT2D eigenvalue weighted by Crippen LogP contribution is -2.21. The van der Waals surface area contributed by atoms with E-state index in [0.29, 0.717) is 0 Å². The minimum atomic E-state index is 0.0124. The monoisotopic (exact) mass is 1020 g/mol. The lowest BCUT2D eigenvalue weighted by molar-refractivity contribution is 0.353. The van der Waals surface area contributed by atoms with E-state index >= 15 is 0 Å². The number of nitrogens with zero attached hydrogens (tertiary/aromatic N) is 3. The van der Waals surface area contributed by atoms with E-state index in [9.17, 15) is 0 Å². The quantitative estimate of drug-likeness (QED) is 0.137. The van der Waals surface area contributed by atoms with Crippen LogP contribution in [0.5, 0.6) is 0 Å². The maximum Gasteiger partial charge on any atom is 0.0705 e. The van der Waals surface area contributed by atoms with E-state index in [1.165, 1.54) is 77.9 Å². The molecule has 0 amide bonds. The molecule has 78 heavy (non-hydrogen) atoms. The summed E-state index contributed by atoms with van der Waals surface area (Å²) < 4.78 is 0. The summed E-state index contributed by atoms with van der Waals surface area (Å²) in [6.45, 7) is 20.4. The molecule has 10 aromatic rings. The Morgan fingerprint density at radius 2 is 0.590 bits per heavy atom. The Morgan fingerprint density at radius 1 is 0.269 bits per heavy atom. The van der Waals surface area contributed by atoms with Crippen LogP contribution in [0.4, 0.5) is 0 Å². The summed E-state index contributed by atoms with van der Waals surface area (Å²) in [5, 5.41) is 0. The van der Waals surface area contributed by atoms with E-state index in [1.54, 1.807) is 0 Å². The van der Waals surface area contributed by atoms with Crippen molar-refractivity contribution in [3.8, 4) is 78.3 Å². The first kappa shape index (κ1) is 52.1. The second kappa shape index (κ2) is 21.4. The lowest BCUT2D eigenvalue weighted by Gasteiger charge is -2.38. The summed E-state index contributed by atoms with van der Waals surface area (Å²) in [6.07, 6.45) is 8.98. The molecular weight excluding hydrogens is 943 g/mol. The molecule has 1 aliphatic rings. The number of benzene rings is 7. The molecule has 1 fully saturated rings. The third-order valence-electron chi connectivity index (χ3n) is 16.5. The van der Waals surface area contributed by atoms with Crippen molar-refractivity contribution in [1.82, 2.24) is 15.0 Å². The van der Waals surface area contributed by atoms with Crippen molar-refractivity contribution in [2.24, 2.45) is 0 Å². The summed E-state index contributed by atoms with van der Waals surface area (Å²) >= 11 is 0. The zero-order valence-corrected chi connectivity index (χ0v) is 47.1. The number of aromatic nitrogens is 3. The van der Waals surface area contributed by atoms with Crippen LogP contribution in [0.2, 0.25) is 0 Å². The topological polar surface area (TPSA) is 38.7 Å². The standard InChI is InChI=1S/C75H73N3/c1-73(2,3)59-37-40-76-70(47-59)53-31-27-51(28-32-53)62-21-13-15-23-64(62)56-43-57(65-24-16-14-22-63(65)52-29-33-54(34-30-52)71-48-60(38-41-77-71)74(4,5)6)45-58(44-56)66-25-17-18-26-67(66)68-36-35-55(46-69(68)50-19-11-10-12-20-50)72-49-61(39-42-78-72)75(7,8)9/h10-42,46-49,56-58H,43-45H2,1-9H3. The fourth-order valence-corrected chi connectivity index (χ4v) is 12.0. The van der Waals surface area contributed by atoms with Crippen LogP contribution in [0.3, 0.4) is 0 Å². The van der Waals surface area contributed by atoms with Crippen LogP contribution in [0.15, 0.2) is 225 Å². The second-order valence-corrected chi connectivity index (χ2v) is 24.9. The third kappa shape index (κ3) is 11.1. The summed E-state index contributed by atoms with van der Waals surface area (Å²) in [4.78, 5) is 14.6. The second-order valence-electron chi connectivity index (χ2n) is 24.9. The van der Waals surface area contributed by atoms with Gasteiger partial charge in [0.2, 0.25) is 0 Å². The van der Waals surface area contributed by atoms with Gasteiger partial charge < -0.3 is 0 Å². The Labute approximate surface area is 464 Å². The molecule has 0 radical (unpaired) electrons. The fourth-order valence-electron chi connectivity index (χ4n) is 12.0. The zero-order chi connectivity index (χ0) is 54.2. The van der Waals surface area contributed by atoms with Gasteiger partial charge in [0.1, 0.15) is 0 Å². The van der Waals surface area contributed by atoms with Crippen molar-refractivity contribution >= 4 is 0 Å². The maximum absolute atomic E-state index is 4.94. The van der Waals surface area contributed by atoms with Crippen LogP contribution in [-0.4, -0.2) is 15.0 Å². The molecule has 3 heterocycles. The zero-order valence-electron chi connectivity index (χ0n) is 47.1. The average molecular weight is 1020 g/mol. The van der Waals surface area contributed by atoms with Gasteiger partial charge in [-0.1, -0.05) is 226 Å². The third-order valence-corrected chi connectivity index (χ3v) is 16.5. The molecule has 0 spiro atoms. The molecule has 3 heteroatoms. The summed E-state index contributed by atoms with van der Waals surface area (Å²) in [6, 6.07) is 77.2.